The Morgan fingerprint density at radius 3 is 1.97 bits per heavy atom. The highest BCUT2D eigenvalue weighted by Crippen LogP contribution is 2.42. The molecule has 4 nitrogen and oxygen atoms in total. The fourth-order valence-corrected chi connectivity index (χ4v) is 5.15. The molecular weight excluding hydrogens is 502 g/mol. The van der Waals surface area contributed by atoms with Gasteiger partial charge in [0.2, 0.25) is 0 Å². The smallest absolute Gasteiger partial charge is 0.145 e. The summed E-state index contributed by atoms with van der Waals surface area (Å²) in [4.78, 5) is 7.57. The maximum atomic E-state index is 6.81. The second-order valence-electron chi connectivity index (χ2n) is 9.39. The zero-order chi connectivity index (χ0) is 26.4. The second-order valence-corrected chi connectivity index (χ2v) is 9.83. The zero-order valence-corrected chi connectivity index (χ0v) is 22.1. The lowest BCUT2D eigenvalue weighted by molar-refractivity contribution is 0.175. The van der Waals surface area contributed by atoms with Crippen LogP contribution in [-0.4, -0.2) is 12.4 Å². The van der Waals surface area contributed by atoms with Crippen LogP contribution in [0.1, 0.15) is 11.7 Å². The molecule has 0 bridgehead atoms. The van der Waals surface area contributed by atoms with Crippen LogP contribution in [0.3, 0.4) is 0 Å². The van der Waals surface area contributed by atoms with E-state index in [-0.39, 0.29) is 12.0 Å². The number of hydrogen-bond donors (Lipinski definition) is 1. The van der Waals surface area contributed by atoms with E-state index in [1.807, 2.05) is 66.7 Å². The van der Waals surface area contributed by atoms with E-state index in [4.69, 9.17) is 21.3 Å². The molecule has 6 rings (SSSR count). The minimum Gasteiger partial charge on any atom is -0.483 e. The number of fused-ring (bicyclic) bond motifs is 1. The molecule has 192 valence electrons. The van der Waals surface area contributed by atoms with E-state index in [0.717, 1.165) is 39.9 Å². The van der Waals surface area contributed by atoms with Crippen LogP contribution in [0, 0.1) is 5.92 Å². The molecule has 0 amide bonds. The van der Waals surface area contributed by atoms with Gasteiger partial charge in [-0.05, 0) is 60.2 Å². The molecule has 0 spiro atoms. The van der Waals surface area contributed by atoms with E-state index in [2.05, 4.69) is 83.0 Å². The molecular formula is C34H28ClN3O. The topological polar surface area (TPSA) is 36.9 Å². The highest BCUT2D eigenvalue weighted by atomic mass is 35.5. The number of halogens is 1. The fourth-order valence-electron chi connectivity index (χ4n) is 4.96. The van der Waals surface area contributed by atoms with E-state index in [1.54, 1.807) is 0 Å². The van der Waals surface area contributed by atoms with Crippen LogP contribution in [0.4, 0.5) is 22.7 Å². The molecule has 39 heavy (non-hydrogen) atoms. The fraction of sp³-hybridized carbons (Fsp3) is 0.0882. The van der Waals surface area contributed by atoms with Gasteiger partial charge in [-0.25, -0.2) is 4.99 Å². The Kier molecular flexibility index (Phi) is 7.28. The van der Waals surface area contributed by atoms with Gasteiger partial charge in [0, 0.05) is 28.6 Å². The molecule has 2 unspecified atom stereocenters. The zero-order valence-electron chi connectivity index (χ0n) is 21.3. The number of ether oxygens (including phenoxy) is 1. The molecule has 0 radical (unpaired) electrons. The van der Waals surface area contributed by atoms with Crippen LogP contribution in [0.2, 0.25) is 5.02 Å². The third kappa shape index (κ3) is 5.52. The van der Waals surface area contributed by atoms with E-state index in [1.165, 1.54) is 0 Å². The van der Waals surface area contributed by atoms with Crippen molar-refractivity contribution in [3.63, 3.8) is 0 Å². The van der Waals surface area contributed by atoms with E-state index in [0.29, 0.717) is 11.6 Å². The Morgan fingerprint density at radius 2 is 1.31 bits per heavy atom. The van der Waals surface area contributed by atoms with Crippen LogP contribution in [-0.2, 0) is 0 Å². The van der Waals surface area contributed by atoms with Crippen molar-refractivity contribution in [2.24, 2.45) is 10.9 Å². The molecule has 2 atom stereocenters. The minimum absolute atomic E-state index is 0.167. The van der Waals surface area contributed by atoms with Gasteiger partial charge in [-0.3, -0.25) is 4.90 Å². The van der Waals surface area contributed by atoms with E-state index < -0.39 is 0 Å². The number of hydrogen-bond acceptors (Lipinski definition) is 4. The summed E-state index contributed by atoms with van der Waals surface area (Å²) in [7, 11) is 0. The number of benzene rings is 5. The Balaban J connectivity index is 1.54. The van der Waals surface area contributed by atoms with Crippen LogP contribution in [0.5, 0.6) is 5.75 Å². The molecule has 1 heterocycles. The molecule has 0 saturated carbocycles. The Bertz CT molecular complexity index is 1520. The number of para-hydroxylation sites is 4. The first-order chi connectivity index (χ1) is 19.3. The van der Waals surface area contributed by atoms with Crippen molar-refractivity contribution in [3.8, 4) is 5.75 Å². The van der Waals surface area contributed by atoms with Crippen molar-refractivity contribution in [2.45, 2.75) is 6.10 Å². The largest absolute Gasteiger partial charge is 0.483 e. The lowest BCUT2D eigenvalue weighted by atomic mass is 9.92. The number of rotatable bonds is 6. The van der Waals surface area contributed by atoms with Gasteiger partial charge in [0.15, 0.2) is 0 Å². The molecule has 0 saturated heterocycles. The first kappa shape index (κ1) is 24.8. The van der Waals surface area contributed by atoms with Crippen LogP contribution >= 0.6 is 11.6 Å². The SMILES string of the molecule is Clc1cccc(NCC2C(N(c3ccccc3)c3ccccc3)=Nc3ccccc3OC2c2ccccc2)c1. The molecule has 5 heteroatoms. The van der Waals surface area contributed by atoms with Crippen molar-refractivity contribution < 1.29 is 4.74 Å². The monoisotopic (exact) mass is 529 g/mol. The maximum absolute atomic E-state index is 6.81. The van der Waals surface area contributed by atoms with Crippen molar-refractivity contribution in [1.82, 2.24) is 0 Å². The summed E-state index contributed by atoms with van der Waals surface area (Å²) >= 11 is 6.32. The minimum atomic E-state index is -0.296. The van der Waals surface area contributed by atoms with Gasteiger partial charge in [0.25, 0.3) is 0 Å². The van der Waals surface area contributed by atoms with Gasteiger partial charge in [-0.15, -0.1) is 0 Å². The Hall–Kier alpha value is -4.54. The van der Waals surface area contributed by atoms with Crippen LogP contribution in [0.25, 0.3) is 0 Å². The predicted octanol–water partition coefficient (Wildman–Crippen LogP) is 9.07. The quantitative estimate of drug-likeness (QED) is 0.238. The van der Waals surface area contributed by atoms with E-state index in [9.17, 15) is 0 Å². The third-order valence-corrected chi connectivity index (χ3v) is 7.02. The predicted molar refractivity (Wildman–Crippen MR) is 162 cm³/mol. The Morgan fingerprint density at radius 1 is 0.692 bits per heavy atom. The molecule has 0 fully saturated rings. The van der Waals surface area contributed by atoms with Gasteiger partial charge < -0.3 is 10.1 Å². The van der Waals surface area contributed by atoms with Crippen molar-refractivity contribution >= 4 is 40.2 Å². The average molecular weight is 530 g/mol. The standard InChI is InChI=1S/C34H28ClN3O/c35-26-15-12-16-27(23-26)36-24-30-33(25-13-4-1-5-14-25)39-32-22-11-10-21-31(32)37-34(30)38(28-17-6-2-7-18-28)29-19-8-3-9-20-29/h1-23,30,33,36H,24H2. The summed E-state index contributed by atoms with van der Waals surface area (Å²) < 4.78 is 6.81. The molecule has 1 aliphatic heterocycles. The third-order valence-electron chi connectivity index (χ3n) is 6.79. The lowest BCUT2D eigenvalue weighted by Gasteiger charge is -2.34. The van der Waals surface area contributed by atoms with Crippen molar-refractivity contribution in [3.05, 3.63) is 150 Å². The number of aliphatic imine (C=N–C) groups is 1. The van der Waals surface area contributed by atoms with E-state index >= 15 is 0 Å². The Labute approximate surface area is 234 Å². The van der Waals surface area contributed by atoms with Crippen molar-refractivity contribution in [1.29, 1.82) is 0 Å². The number of nitrogens with zero attached hydrogens (tertiary/aromatic N) is 2. The molecule has 0 aromatic heterocycles. The molecule has 5 aromatic carbocycles. The highest BCUT2D eigenvalue weighted by Gasteiger charge is 2.36. The van der Waals surface area contributed by atoms with Gasteiger partial charge in [0.1, 0.15) is 23.4 Å². The van der Waals surface area contributed by atoms with Gasteiger partial charge in [0.05, 0.1) is 5.92 Å². The number of anilines is 3. The molecule has 5 aromatic rings. The van der Waals surface area contributed by atoms with Gasteiger partial charge in [-0.2, -0.15) is 0 Å². The van der Waals surface area contributed by atoms with Gasteiger partial charge in [-0.1, -0.05) is 96.5 Å². The highest BCUT2D eigenvalue weighted by molar-refractivity contribution is 6.30. The molecule has 1 aliphatic rings. The summed E-state index contributed by atoms with van der Waals surface area (Å²) in [6.07, 6.45) is -0.296. The van der Waals surface area contributed by atoms with Crippen LogP contribution in [0.15, 0.2) is 145 Å². The molecule has 0 aliphatic carbocycles. The summed E-state index contributed by atoms with van der Waals surface area (Å²) in [5.74, 6) is 1.48. The first-order valence-electron chi connectivity index (χ1n) is 13.1. The summed E-state index contributed by atoms with van der Waals surface area (Å²) in [6.45, 7) is 0.572. The maximum Gasteiger partial charge on any atom is 0.145 e. The number of amidine groups is 1. The summed E-state index contributed by atoms with van der Waals surface area (Å²) in [5, 5.41) is 4.31. The summed E-state index contributed by atoms with van der Waals surface area (Å²) in [6, 6.07) is 46.9. The van der Waals surface area contributed by atoms with Crippen LogP contribution < -0.4 is 15.0 Å². The average Bonchev–Trinajstić information content (AvgIpc) is 3.15. The molecule has 1 N–H and O–H groups in total. The van der Waals surface area contributed by atoms with Crippen molar-refractivity contribution in [2.75, 3.05) is 16.8 Å². The number of nitrogens with one attached hydrogen (secondary N) is 1. The summed E-state index contributed by atoms with van der Waals surface area (Å²) in [5.41, 5.74) is 4.89. The van der Waals surface area contributed by atoms with Gasteiger partial charge >= 0.3 is 0 Å². The normalized spacial score (nSPS) is 16.3. The lowest BCUT2D eigenvalue weighted by Crippen LogP contribution is -2.40. The first-order valence-corrected chi connectivity index (χ1v) is 13.4. The second kappa shape index (κ2) is 11.5.